The molecule has 1 aromatic carbocycles. The van der Waals surface area contributed by atoms with Crippen LogP contribution in [0.1, 0.15) is 12.0 Å². The van der Waals surface area contributed by atoms with E-state index < -0.39 is 0 Å². The van der Waals surface area contributed by atoms with E-state index in [1.165, 1.54) is 4.90 Å². The molecule has 0 radical (unpaired) electrons. The van der Waals surface area contributed by atoms with Crippen LogP contribution in [0.15, 0.2) is 42.7 Å². The second-order valence-corrected chi connectivity index (χ2v) is 6.91. The third-order valence-electron chi connectivity index (χ3n) is 4.11. The van der Waals surface area contributed by atoms with Crippen molar-refractivity contribution in [2.75, 3.05) is 38.9 Å². The van der Waals surface area contributed by atoms with Crippen molar-refractivity contribution in [2.24, 2.45) is 0 Å². The zero-order valence-corrected chi connectivity index (χ0v) is 16.0. The Balaban J connectivity index is 1.74. The number of nitrogens with one attached hydrogen (secondary N) is 2. The van der Waals surface area contributed by atoms with Gasteiger partial charge in [0.1, 0.15) is 0 Å². The summed E-state index contributed by atoms with van der Waals surface area (Å²) in [6, 6.07) is 9.87. The molecule has 3 rings (SSSR count). The first-order valence-electron chi connectivity index (χ1n) is 8.76. The van der Waals surface area contributed by atoms with Crippen molar-refractivity contribution >= 4 is 23.0 Å². The van der Waals surface area contributed by atoms with Gasteiger partial charge in [-0.3, -0.25) is 4.98 Å². The van der Waals surface area contributed by atoms with Crippen LogP contribution in [-0.4, -0.2) is 44.1 Å². The largest absolute Gasteiger partial charge is 0.454 e. The third kappa shape index (κ3) is 4.83. The molecule has 0 unspecified atom stereocenters. The van der Waals surface area contributed by atoms with Gasteiger partial charge in [-0.05, 0) is 36.0 Å². The molecule has 0 aliphatic carbocycles. The number of anilines is 1. The van der Waals surface area contributed by atoms with Crippen LogP contribution in [0.3, 0.4) is 0 Å². The number of benzene rings is 1. The van der Waals surface area contributed by atoms with E-state index in [1.54, 1.807) is 6.20 Å². The van der Waals surface area contributed by atoms with Crippen molar-refractivity contribution in [1.29, 1.82) is 0 Å². The van der Waals surface area contributed by atoms with E-state index in [0.29, 0.717) is 11.7 Å². The molecule has 2 N–H and O–H groups in total. The van der Waals surface area contributed by atoms with Crippen molar-refractivity contribution in [1.82, 2.24) is 10.3 Å². The van der Waals surface area contributed by atoms with Gasteiger partial charge in [-0.15, -0.1) is 0 Å². The number of nitrogens with zero attached hydrogens (tertiary/aromatic N) is 2. The Kier molecular flexibility index (Phi) is 6.25. The lowest BCUT2D eigenvalue weighted by Gasteiger charge is -2.26. The summed E-state index contributed by atoms with van der Waals surface area (Å²) in [5.74, 6) is 1.51. The normalized spacial score (nSPS) is 12.3. The van der Waals surface area contributed by atoms with Crippen LogP contribution >= 0.6 is 12.2 Å². The summed E-state index contributed by atoms with van der Waals surface area (Å²) in [7, 11) is 4.30. The van der Waals surface area contributed by atoms with Crippen LogP contribution in [0, 0.1) is 0 Å². The molecule has 2 heterocycles. The summed E-state index contributed by atoms with van der Waals surface area (Å²) in [5, 5.41) is 4.07. The molecule has 0 fully saturated rings. The lowest BCUT2D eigenvalue weighted by Crippen LogP contribution is -3.05. The molecule has 138 valence electrons. The van der Waals surface area contributed by atoms with Crippen molar-refractivity contribution in [3.05, 3.63) is 48.3 Å². The maximum Gasteiger partial charge on any atom is 0.231 e. The van der Waals surface area contributed by atoms with E-state index in [4.69, 9.17) is 21.7 Å². The lowest BCUT2D eigenvalue weighted by atomic mass is 10.2. The number of hydrogen-bond donors (Lipinski definition) is 2. The smallest absolute Gasteiger partial charge is 0.231 e. The predicted molar refractivity (Wildman–Crippen MR) is 106 cm³/mol. The van der Waals surface area contributed by atoms with Crippen LogP contribution in [0.25, 0.3) is 0 Å². The highest BCUT2D eigenvalue weighted by Crippen LogP contribution is 2.35. The molecule has 0 saturated carbocycles. The highest BCUT2D eigenvalue weighted by Gasteiger charge is 2.18. The fourth-order valence-electron chi connectivity index (χ4n) is 2.74. The van der Waals surface area contributed by atoms with Crippen LogP contribution in [0.5, 0.6) is 11.5 Å². The van der Waals surface area contributed by atoms with Gasteiger partial charge in [0, 0.05) is 37.1 Å². The average molecular weight is 374 g/mol. The number of quaternary nitrogens is 1. The van der Waals surface area contributed by atoms with Gasteiger partial charge in [-0.1, -0.05) is 6.07 Å². The number of thiocarbonyl (C=S) groups is 1. The molecular formula is C19H25N4O2S+. The van der Waals surface area contributed by atoms with Crippen LogP contribution in [0.2, 0.25) is 0 Å². The van der Waals surface area contributed by atoms with E-state index >= 15 is 0 Å². The van der Waals surface area contributed by atoms with Crippen LogP contribution in [-0.2, 0) is 6.54 Å². The van der Waals surface area contributed by atoms with Gasteiger partial charge in [0.15, 0.2) is 16.6 Å². The van der Waals surface area contributed by atoms with Crippen LogP contribution in [0.4, 0.5) is 5.69 Å². The Morgan fingerprint density at radius 1 is 1.27 bits per heavy atom. The van der Waals surface area contributed by atoms with Gasteiger partial charge in [-0.2, -0.15) is 0 Å². The maximum absolute atomic E-state index is 5.68. The van der Waals surface area contributed by atoms with Crippen molar-refractivity contribution in [3.63, 3.8) is 0 Å². The number of hydrogen-bond acceptors (Lipinski definition) is 4. The summed E-state index contributed by atoms with van der Waals surface area (Å²) in [6.45, 7) is 2.84. The minimum Gasteiger partial charge on any atom is -0.454 e. The van der Waals surface area contributed by atoms with E-state index in [0.717, 1.165) is 42.3 Å². The van der Waals surface area contributed by atoms with Gasteiger partial charge in [0.05, 0.1) is 27.2 Å². The average Bonchev–Trinajstić information content (AvgIpc) is 3.11. The lowest BCUT2D eigenvalue weighted by molar-refractivity contribution is -0.858. The van der Waals surface area contributed by atoms with Gasteiger partial charge in [0.2, 0.25) is 6.79 Å². The first-order chi connectivity index (χ1) is 12.6. The quantitative estimate of drug-likeness (QED) is 0.562. The number of ether oxygens (including phenoxy) is 2. The molecule has 2 aromatic rings. The fourth-order valence-corrected chi connectivity index (χ4v) is 3.01. The first kappa shape index (κ1) is 18.4. The SMILES string of the molecule is C[NH+](C)CCCNC(=S)N(Cc1cccnc1)c1ccc2c(c1)OCO2. The molecule has 1 aromatic heterocycles. The third-order valence-corrected chi connectivity index (χ3v) is 4.47. The molecule has 26 heavy (non-hydrogen) atoms. The topological polar surface area (TPSA) is 51.1 Å². The van der Waals surface area contributed by atoms with Crippen molar-refractivity contribution in [2.45, 2.75) is 13.0 Å². The van der Waals surface area contributed by atoms with Gasteiger partial charge >= 0.3 is 0 Å². The van der Waals surface area contributed by atoms with Gasteiger partial charge in [0.25, 0.3) is 0 Å². The summed E-state index contributed by atoms with van der Waals surface area (Å²) in [4.78, 5) is 7.70. The monoisotopic (exact) mass is 373 g/mol. The number of pyridine rings is 1. The molecule has 0 saturated heterocycles. The van der Waals surface area contributed by atoms with E-state index in [-0.39, 0.29) is 6.79 Å². The molecule has 1 aliphatic heterocycles. The second-order valence-electron chi connectivity index (χ2n) is 6.53. The van der Waals surface area contributed by atoms with Crippen molar-refractivity contribution < 1.29 is 14.4 Å². The van der Waals surface area contributed by atoms with E-state index in [9.17, 15) is 0 Å². The highest BCUT2D eigenvalue weighted by molar-refractivity contribution is 7.80. The zero-order valence-electron chi connectivity index (χ0n) is 15.2. The Bertz CT molecular complexity index is 740. The molecule has 0 bridgehead atoms. The molecular weight excluding hydrogens is 348 g/mol. The Hall–Kier alpha value is -2.38. The standard InChI is InChI=1S/C19H24N4O2S/c1-22(2)10-4-9-21-19(26)23(13-15-5-3-8-20-12-15)16-6-7-17-18(11-16)25-14-24-17/h3,5-8,11-12H,4,9-10,13-14H2,1-2H3,(H,21,26)/p+1. The molecule has 0 atom stereocenters. The summed E-state index contributed by atoms with van der Waals surface area (Å²) in [6.07, 6.45) is 4.69. The molecule has 0 amide bonds. The molecule has 7 heteroatoms. The van der Waals surface area contributed by atoms with Crippen molar-refractivity contribution in [3.8, 4) is 11.5 Å². The first-order valence-corrected chi connectivity index (χ1v) is 9.17. The number of fused-ring (bicyclic) bond motifs is 1. The number of rotatable bonds is 7. The summed E-state index contributed by atoms with van der Waals surface area (Å²) < 4.78 is 10.9. The molecule has 1 aliphatic rings. The van der Waals surface area contributed by atoms with Gasteiger partial charge < -0.3 is 24.6 Å². The minimum absolute atomic E-state index is 0.261. The van der Waals surface area contributed by atoms with E-state index in [2.05, 4.69) is 29.3 Å². The maximum atomic E-state index is 5.68. The highest BCUT2D eigenvalue weighted by atomic mass is 32.1. The fraction of sp³-hybridized carbons (Fsp3) is 0.368. The van der Waals surface area contributed by atoms with Crippen LogP contribution < -0.4 is 24.6 Å². The molecule has 6 nitrogen and oxygen atoms in total. The zero-order chi connectivity index (χ0) is 18.4. The molecule has 0 spiro atoms. The second kappa shape index (κ2) is 8.82. The number of aromatic nitrogens is 1. The minimum atomic E-state index is 0.261. The predicted octanol–water partition coefficient (Wildman–Crippen LogP) is 1.23. The Morgan fingerprint density at radius 2 is 2.12 bits per heavy atom. The summed E-state index contributed by atoms with van der Waals surface area (Å²) in [5.41, 5.74) is 2.06. The Morgan fingerprint density at radius 3 is 2.88 bits per heavy atom. The summed E-state index contributed by atoms with van der Waals surface area (Å²) >= 11 is 5.68. The van der Waals surface area contributed by atoms with E-state index in [1.807, 2.05) is 36.5 Å². The Labute approximate surface area is 159 Å². The van der Waals surface area contributed by atoms with Gasteiger partial charge in [-0.25, -0.2) is 0 Å².